The fourth-order valence-corrected chi connectivity index (χ4v) is 1.59. The first kappa shape index (κ1) is 10.3. The normalized spacial score (nSPS) is 13.3. The molecular weight excluding hydrogens is 216 g/mol. The molecule has 15 heavy (non-hydrogen) atoms. The van der Waals surface area contributed by atoms with E-state index in [1.165, 1.54) is 6.33 Å². The number of aromatic nitrogens is 4. The molecular formula is C9H11ClN4O. The zero-order valence-electron chi connectivity index (χ0n) is 8.51. The molecule has 0 radical (unpaired) electrons. The third-order valence-electron chi connectivity index (χ3n) is 2.11. The van der Waals surface area contributed by atoms with Gasteiger partial charge in [0, 0.05) is 6.61 Å². The second kappa shape index (κ2) is 4.12. The maximum Gasteiger partial charge on any atom is 0.166 e. The fourth-order valence-electron chi connectivity index (χ4n) is 1.41. The Kier molecular flexibility index (Phi) is 2.83. The Morgan fingerprint density at radius 3 is 3.00 bits per heavy atom. The first-order valence-electron chi connectivity index (χ1n) is 4.68. The second-order valence-corrected chi connectivity index (χ2v) is 3.40. The molecule has 0 aliphatic heterocycles. The lowest BCUT2D eigenvalue weighted by Crippen LogP contribution is -2.08. The van der Waals surface area contributed by atoms with Gasteiger partial charge in [-0.3, -0.25) is 4.57 Å². The molecule has 80 valence electrons. The summed E-state index contributed by atoms with van der Waals surface area (Å²) < 4.78 is 7.28. The molecule has 0 spiro atoms. The van der Waals surface area contributed by atoms with Crippen LogP contribution in [0.25, 0.3) is 11.2 Å². The first-order valence-corrected chi connectivity index (χ1v) is 5.06. The number of halogens is 1. The van der Waals surface area contributed by atoms with Crippen molar-refractivity contribution in [3.05, 3.63) is 17.8 Å². The average Bonchev–Trinajstić information content (AvgIpc) is 2.63. The summed E-state index contributed by atoms with van der Waals surface area (Å²) in [5, 5.41) is 0.363. The predicted octanol–water partition coefficient (Wildman–Crippen LogP) is 2.03. The summed E-state index contributed by atoms with van der Waals surface area (Å²) in [6.45, 7) is 4.51. The van der Waals surface area contributed by atoms with Gasteiger partial charge in [-0.1, -0.05) is 11.6 Å². The van der Waals surface area contributed by atoms with Crippen molar-refractivity contribution in [3.63, 3.8) is 0 Å². The van der Waals surface area contributed by atoms with Gasteiger partial charge in [0.15, 0.2) is 10.8 Å². The molecule has 0 saturated heterocycles. The van der Waals surface area contributed by atoms with Gasteiger partial charge in [0.1, 0.15) is 18.1 Å². The molecule has 0 saturated carbocycles. The van der Waals surface area contributed by atoms with E-state index in [1.807, 2.05) is 18.4 Å². The summed E-state index contributed by atoms with van der Waals surface area (Å²) in [4.78, 5) is 12.1. The Hall–Kier alpha value is -1.20. The van der Waals surface area contributed by atoms with E-state index >= 15 is 0 Å². The van der Waals surface area contributed by atoms with Gasteiger partial charge in [0.2, 0.25) is 0 Å². The minimum absolute atomic E-state index is 0.106. The monoisotopic (exact) mass is 226 g/mol. The van der Waals surface area contributed by atoms with Crippen molar-refractivity contribution in [2.45, 2.75) is 20.1 Å². The Morgan fingerprint density at radius 2 is 2.27 bits per heavy atom. The summed E-state index contributed by atoms with van der Waals surface area (Å²) in [5.41, 5.74) is 1.29. The van der Waals surface area contributed by atoms with Crippen LogP contribution >= 0.6 is 11.6 Å². The van der Waals surface area contributed by atoms with Crippen LogP contribution in [0.2, 0.25) is 5.15 Å². The van der Waals surface area contributed by atoms with Gasteiger partial charge in [-0.25, -0.2) is 15.0 Å². The number of imidazole rings is 1. The molecule has 5 nitrogen and oxygen atoms in total. The van der Waals surface area contributed by atoms with Gasteiger partial charge >= 0.3 is 0 Å². The quantitative estimate of drug-likeness (QED) is 0.752. The fraction of sp³-hybridized carbons (Fsp3) is 0.444. The van der Waals surface area contributed by atoms with Gasteiger partial charge in [0.05, 0.1) is 6.33 Å². The van der Waals surface area contributed by atoms with Gasteiger partial charge in [-0.05, 0) is 13.8 Å². The van der Waals surface area contributed by atoms with Crippen molar-refractivity contribution >= 4 is 22.8 Å². The zero-order valence-corrected chi connectivity index (χ0v) is 9.27. The lowest BCUT2D eigenvalue weighted by molar-refractivity contribution is 0.0272. The minimum Gasteiger partial charge on any atom is -0.359 e. The Bertz CT molecular complexity index is 470. The van der Waals surface area contributed by atoms with Crippen molar-refractivity contribution in [2.75, 3.05) is 6.61 Å². The maximum absolute atomic E-state index is 5.88. The third kappa shape index (κ3) is 1.80. The summed E-state index contributed by atoms with van der Waals surface area (Å²) in [6.07, 6.45) is 2.97. The van der Waals surface area contributed by atoms with Crippen LogP contribution in [0.3, 0.4) is 0 Å². The van der Waals surface area contributed by atoms with Crippen LogP contribution < -0.4 is 0 Å². The lowest BCUT2D eigenvalue weighted by atomic mass is 10.5. The third-order valence-corrected chi connectivity index (χ3v) is 2.39. The number of nitrogens with zero attached hydrogens (tertiary/aromatic N) is 4. The highest BCUT2D eigenvalue weighted by molar-refractivity contribution is 6.33. The van der Waals surface area contributed by atoms with Crippen molar-refractivity contribution in [1.29, 1.82) is 0 Å². The van der Waals surface area contributed by atoms with Crippen LogP contribution in [0.5, 0.6) is 0 Å². The number of hydrogen-bond acceptors (Lipinski definition) is 4. The SMILES string of the molecule is CCOC(C)n1cnc2c(Cl)ncnc21. The van der Waals surface area contributed by atoms with Gasteiger partial charge in [-0.2, -0.15) is 0 Å². The van der Waals surface area contributed by atoms with Gasteiger partial charge in [-0.15, -0.1) is 0 Å². The van der Waals surface area contributed by atoms with E-state index in [0.29, 0.717) is 22.9 Å². The molecule has 0 fully saturated rings. The van der Waals surface area contributed by atoms with Crippen molar-refractivity contribution in [3.8, 4) is 0 Å². The summed E-state index contributed by atoms with van der Waals surface area (Å²) in [6, 6.07) is 0. The minimum atomic E-state index is -0.106. The number of ether oxygens (including phenoxy) is 1. The zero-order chi connectivity index (χ0) is 10.8. The number of rotatable bonds is 3. The Balaban J connectivity index is 2.49. The smallest absolute Gasteiger partial charge is 0.166 e. The van der Waals surface area contributed by atoms with Crippen LogP contribution in [0, 0.1) is 0 Å². The van der Waals surface area contributed by atoms with Crippen LogP contribution in [0.15, 0.2) is 12.7 Å². The van der Waals surface area contributed by atoms with E-state index in [-0.39, 0.29) is 6.23 Å². The molecule has 0 amide bonds. The van der Waals surface area contributed by atoms with Gasteiger partial charge < -0.3 is 4.74 Å². The van der Waals surface area contributed by atoms with Crippen LogP contribution in [0.1, 0.15) is 20.1 Å². The number of fused-ring (bicyclic) bond motifs is 1. The Morgan fingerprint density at radius 1 is 1.47 bits per heavy atom. The summed E-state index contributed by atoms with van der Waals surface area (Å²) in [5.74, 6) is 0. The van der Waals surface area contributed by atoms with E-state index in [0.717, 1.165) is 0 Å². The highest BCUT2D eigenvalue weighted by Gasteiger charge is 2.12. The molecule has 0 aromatic carbocycles. The second-order valence-electron chi connectivity index (χ2n) is 3.04. The standard InChI is InChI=1S/C9H11ClN4O/c1-3-15-6(2)14-5-13-7-8(10)11-4-12-9(7)14/h4-6H,3H2,1-2H3. The van der Waals surface area contributed by atoms with Crippen molar-refractivity contribution in [2.24, 2.45) is 0 Å². The number of hydrogen-bond donors (Lipinski definition) is 0. The average molecular weight is 227 g/mol. The Labute approximate surface area is 92.1 Å². The molecule has 6 heteroatoms. The first-order chi connectivity index (χ1) is 7.24. The molecule has 1 unspecified atom stereocenters. The molecule has 2 heterocycles. The molecule has 2 aromatic rings. The van der Waals surface area contributed by atoms with Crippen LogP contribution in [0.4, 0.5) is 0 Å². The topological polar surface area (TPSA) is 52.8 Å². The molecule has 0 aliphatic rings. The largest absolute Gasteiger partial charge is 0.359 e. The highest BCUT2D eigenvalue weighted by atomic mass is 35.5. The van der Waals surface area contributed by atoms with E-state index in [4.69, 9.17) is 16.3 Å². The summed E-state index contributed by atoms with van der Waals surface area (Å²) >= 11 is 5.88. The molecule has 0 N–H and O–H groups in total. The molecule has 1 atom stereocenters. The van der Waals surface area contributed by atoms with E-state index in [2.05, 4.69) is 15.0 Å². The lowest BCUT2D eigenvalue weighted by Gasteiger charge is -2.12. The molecule has 2 rings (SSSR count). The van der Waals surface area contributed by atoms with E-state index in [1.54, 1.807) is 6.33 Å². The summed E-state index contributed by atoms with van der Waals surface area (Å²) in [7, 11) is 0. The molecule has 0 bridgehead atoms. The molecule has 2 aromatic heterocycles. The van der Waals surface area contributed by atoms with Crippen molar-refractivity contribution < 1.29 is 4.74 Å². The van der Waals surface area contributed by atoms with Crippen LogP contribution in [-0.2, 0) is 4.74 Å². The van der Waals surface area contributed by atoms with Crippen molar-refractivity contribution in [1.82, 2.24) is 19.5 Å². The van der Waals surface area contributed by atoms with Gasteiger partial charge in [0.25, 0.3) is 0 Å². The van der Waals surface area contributed by atoms with Crippen LogP contribution in [-0.4, -0.2) is 26.1 Å². The highest BCUT2D eigenvalue weighted by Crippen LogP contribution is 2.20. The predicted molar refractivity (Wildman–Crippen MR) is 56.7 cm³/mol. The van der Waals surface area contributed by atoms with E-state index < -0.39 is 0 Å². The van der Waals surface area contributed by atoms with E-state index in [9.17, 15) is 0 Å². The maximum atomic E-state index is 5.88. The molecule has 0 aliphatic carbocycles.